The first-order valence-electron chi connectivity index (χ1n) is 6.19. The topological polar surface area (TPSA) is 95.3 Å². The van der Waals surface area contributed by atoms with Crippen molar-refractivity contribution in [3.63, 3.8) is 0 Å². The molecule has 0 spiro atoms. The molecule has 1 heterocycles. The van der Waals surface area contributed by atoms with Gasteiger partial charge < -0.3 is 14.8 Å². The summed E-state index contributed by atoms with van der Waals surface area (Å²) in [6.07, 6.45) is 1.62. The van der Waals surface area contributed by atoms with Gasteiger partial charge in [0.1, 0.15) is 0 Å². The molecule has 2 rings (SSSR count). The van der Waals surface area contributed by atoms with Crippen LogP contribution in [0.2, 0.25) is 0 Å². The molecule has 0 aliphatic rings. The highest BCUT2D eigenvalue weighted by atomic mass is 16.4. The molecule has 1 aromatic carbocycles. The van der Waals surface area contributed by atoms with E-state index >= 15 is 0 Å². The quantitative estimate of drug-likeness (QED) is 0.651. The number of hydrogen-bond acceptors (Lipinski definition) is 4. The number of rotatable bonds is 7. The molecule has 0 radical (unpaired) electrons. The number of carbonyl (C=O) groups is 1. The van der Waals surface area contributed by atoms with Crippen LogP contribution in [0, 0.1) is 0 Å². The predicted molar refractivity (Wildman–Crippen MR) is 70.3 cm³/mol. The number of oxazole rings is 1. The number of aliphatic carboxylic acids is 1. The van der Waals surface area contributed by atoms with Crippen molar-refractivity contribution in [2.24, 2.45) is 0 Å². The molecule has 0 amide bonds. The fourth-order valence-electron chi connectivity index (χ4n) is 1.87. The Morgan fingerprint density at radius 2 is 2.21 bits per heavy atom. The Morgan fingerprint density at radius 3 is 3.00 bits per heavy atom. The van der Waals surface area contributed by atoms with Crippen molar-refractivity contribution in [2.75, 3.05) is 13.1 Å². The van der Waals surface area contributed by atoms with Gasteiger partial charge in [-0.3, -0.25) is 9.78 Å². The van der Waals surface area contributed by atoms with Crippen LogP contribution in [0.1, 0.15) is 18.4 Å². The number of carboxylic acids is 1. The van der Waals surface area contributed by atoms with Crippen molar-refractivity contribution in [3.8, 4) is 0 Å². The maximum atomic E-state index is 11.0. The molecular weight excluding hydrogens is 248 g/mol. The van der Waals surface area contributed by atoms with Gasteiger partial charge in [-0.2, -0.15) is 0 Å². The number of H-pyrrole nitrogens is 1. The third-order valence-electron chi connectivity index (χ3n) is 2.82. The molecule has 6 heteroatoms. The number of fused-ring (bicyclic) bond motifs is 1. The minimum Gasteiger partial charge on any atom is -0.481 e. The molecule has 6 nitrogen and oxygen atoms in total. The fraction of sp³-hybridized carbons (Fsp3) is 0.385. The average molecular weight is 264 g/mol. The van der Waals surface area contributed by atoms with Crippen LogP contribution in [0.15, 0.2) is 27.4 Å². The fourth-order valence-corrected chi connectivity index (χ4v) is 1.87. The zero-order valence-electron chi connectivity index (χ0n) is 10.4. The van der Waals surface area contributed by atoms with E-state index in [-0.39, 0.29) is 6.42 Å². The van der Waals surface area contributed by atoms with Crippen LogP contribution in [0.5, 0.6) is 0 Å². The van der Waals surface area contributed by atoms with Crippen LogP contribution in [0.3, 0.4) is 0 Å². The summed E-state index contributed by atoms with van der Waals surface area (Å²) in [4.78, 5) is 23.9. The molecular formula is C13H16N2O4. The van der Waals surface area contributed by atoms with E-state index < -0.39 is 11.7 Å². The highest BCUT2D eigenvalue weighted by molar-refractivity contribution is 5.72. The van der Waals surface area contributed by atoms with Crippen molar-refractivity contribution >= 4 is 17.1 Å². The largest absolute Gasteiger partial charge is 0.481 e. The van der Waals surface area contributed by atoms with E-state index in [1.165, 1.54) is 0 Å². The summed E-state index contributed by atoms with van der Waals surface area (Å²) in [5.74, 6) is -1.21. The van der Waals surface area contributed by atoms with Crippen molar-refractivity contribution < 1.29 is 14.3 Å². The molecule has 0 saturated carbocycles. The van der Waals surface area contributed by atoms with Gasteiger partial charge in [0.05, 0.1) is 5.52 Å². The van der Waals surface area contributed by atoms with Gasteiger partial charge in [0.2, 0.25) is 0 Å². The minimum atomic E-state index is -0.769. The number of hydrogen-bond donors (Lipinski definition) is 3. The second-order valence-electron chi connectivity index (χ2n) is 4.34. The van der Waals surface area contributed by atoms with Gasteiger partial charge in [0, 0.05) is 6.42 Å². The SMILES string of the molecule is O=C(O)CCCNCCc1ccc2[nH]c(=O)oc2c1. The predicted octanol–water partition coefficient (Wildman–Crippen LogP) is 1.12. The molecule has 1 aromatic heterocycles. The number of nitrogens with one attached hydrogen (secondary N) is 2. The highest BCUT2D eigenvalue weighted by Gasteiger charge is 2.02. The van der Waals surface area contributed by atoms with Gasteiger partial charge in [0.25, 0.3) is 0 Å². The lowest BCUT2D eigenvalue weighted by Crippen LogP contribution is -2.19. The Balaban J connectivity index is 1.78. The number of aromatic nitrogens is 1. The first-order valence-corrected chi connectivity index (χ1v) is 6.19. The summed E-state index contributed by atoms with van der Waals surface area (Å²) < 4.78 is 4.98. The van der Waals surface area contributed by atoms with Crippen LogP contribution in [-0.4, -0.2) is 29.1 Å². The van der Waals surface area contributed by atoms with Gasteiger partial charge in [0.15, 0.2) is 5.58 Å². The normalized spacial score (nSPS) is 10.9. The average Bonchev–Trinajstić information content (AvgIpc) is 2.72. The van der Waals surface area contributed by atoms with Crippen molar-refractivity contribution in [1.29, 1.82) is 0 Å². The molecule has 0 atom stereocenters. The zero-order valence-corrected chi connectivity index (χ0v) is 10.4. The first-order chi connectivity index (χ1) is 9.15. The number of carboxylic acid groups (broad SMARTS) is 1. The van der Waals surface area contributed by atoms with E-state index in [2.05, 4.69) is 10.3 Å². The van der Waals surface area contributed by atoms with Crippen LogP contribution >= 0.6 is 0 Å². The molecule has 0 unspecified atom stereocenters. The van der Waals surface area contributed by atoms with Gasteiger partial charge in [-0.1, -0.05) is 6.07 Å². The van der Waals surface area contributed by atoms with E-state index in [0.29, 0.717) is 24.1 Å². The highest BCUT2D eigenvalue weighted by Crippen LogP contribution is 2.12. The van der Waals surface area contributed by atoms with Crippen LogP contribution < -0.4 is 11.1 Å². The monoisotopic (exact) mass is 264 g/mol. The summed E-state index contributed by atoms with van der Waals surface area (Å²) >= 11 is 0. The molecule has 0 aliphatic carbocycles. The third kappa shape index (κ3) is 3.96. The first kappa shape index (κ1) is 13.4. The Kier molecular flexibility index (Phi) is 4.35. The van der Waals surface area contributed by atoms with Crippen molar-refractivity contribution in [2.45, 2.75) is 19.3 Å². The summed E-state index contributed by atoms with van der Waals surface area (Å²) in [6, 6.07) is 5.60. The molecule has 0 bridgehead atoms. The summed E-state index contributed by atoms with van der Waals surface area (Å²) in [6.45, 7) is 1.45. The lowest BCUT2D eigenvalue weighted by molar-refractivity contribution is -0.137. The Morgan fingerprint density at radius 1 is 1.37 bits per heavy atom. The third-order valence-corrected chi connectivity index (χ3v) is 2.82. The molecule has 0 fully saturated rings. The maximum absolute atomic E-state index is 11.0. The molecule has 3 N–H and O–H groups in total. The lowest BCUT2D eigenvalue weighted by Gasteiger charge is -2.03. The minimum absolute atomic E-state index is 0.188. The molecule has 19 heavy (non-hydrogen) atoms. The zero-order chi connectivity index (χ0) is 13.7. The Hall–Kier alpha value is -2.08. The van der Waals surface area contributed by atoms with Crippen molar-refractivity contribution in [3.05, 3.63) is 34.3 Å². The van der Waals surface area contributed by atoms with Gasteiger partial charge >= 0.3 is 11.7 Å². The van der Waals surface area contributed by atoms with E-state index in [1.54, 1.807) is 0 Å². The van der Waals surface area contributed by atoms with Crippen LogP contribution in [-0.2, 0) is 11.2 Å². The van der Waals surface area contributed by atoms with Crippen LogP contribution in [0.25, 0.3) is 11.1 Å². The smallest absolute Gasteiger partial charge is 0.417 e. The number of benzene rings is 1. The number of aromatic amines is 1. The molecule has 102 valence electrons. The van der Waals surface area contributed by atoms with Crippen LogP contribution in [0.4, 0.5) is 0 Å². The van der Waals surface area contributed by atoms with E-state index in [1.807, 2.05) is 18.2 Å². The summed E-state index contributed by atoms with van der Waals surface area (Å²) in [5.41, 5.74) is 2.33. The summed E-state index contributed by atoms with van der Waals surface area (Å²) in [5, 5.41) is 11.7. The van der Waals surface area contributed by atoms with Gasteiger partial charge in [-0.25, -0.2) is 4.79 Å². The van der Waals surface area contributed by atoms with E-state index in [4.69, 9.17) is 9.52 Å². The van der Waals surface area contributed by atoms with E-state index in [9.17, 15) is 9.59 Å². The van der Waals surface area contributed by atoms with Crippen molar-refractivity contribution in [1.82, 2.24) is 10.3 Å². The summed E-state index contributed by atoms with van der Waals surface area (Å²) in [7, 11) is 0. The molecule has 0 saturated heterocycles. The maximum Gasteiger partial charge on any atom is 0.417 e. The molecule has 0 aliphatic heterocycles. The second kappa shape index (κ2) is 6.19. The second-order valence-corrected chi connectivity index (χ2v) is 4.34. The lowest BCUT2D eigenvalue weighted by atomic mass is 10.1. The van der Waals surface area contributed by atoms with E-state index in [0.717, 1.165) is 18.5 Å². The van der Waals surface area contributed by atoms with Gasteiger partial charge in [-0.15, -0.1) is 0 Å². The standard InChI is InChI=1S/C13H16N2O4/c16-12(17)2-1-6-14-7-5-9-3-4-10-11(8-9)19-13(18)15-10/h3-4,8,14H,1-2,5-7H2,(H,15,18)(H,16,17). The molecule has 2 aromatic rings. The Labute approximate surface area is 109 Å². The van der Waals surface area contributed by atoms with Gasteiger partial charge in [-0.05, 0) is 43.6 Å². The Bertz CT molecular complexity index is 614.